The van der Waals surface area contributed by atoms with Crippen LogP contribution in [0.25, 0.3) is 27.3 Å². The first-order chi connectivity index (χ1) is 9.31. The summed E-state index contributed by atoms with van der Waals surface area (Å²) in [6.45, 7) is 2.00. The maximum atomic E-state index is 12.4. The molecule has 0 aliphatic heterocycles. The van der Waals surface area contributed by atoms with E-state index in [-0.39, 0.29) is 5.43 Å². The van der Waals surface area contributed by atoms with E-state index in [9.17, 15) is 4.79 Å². The number of pyridine rings is 2. The summed E-state index contributed by atoms with van der Waals surface area (Å²) in [5.74, 6) is 0. The molecule has 0 amide bonds. The van der Waals surface area contributed by atoms with E-state index in [0.717, 1.165) is 28.4 Å². The summed E-state index contributed by atoms with van der Waals surface area (Å²) in [5, 5.41) is 2.27. The fourth-order valence-electron chi connectivity index (χ4n) is 2.87. The van der Waals surface area contributed by atoms with Crippen LogP contribution in [0.15, 0.2) is 47.5 Å². The number of aromatic nitrogens is 2. The van der Waals surface area contributed by atoms with Gasteiger partial charge >= 0.3 is 0 Å². The van der Waals surface area contributed by atoms with E-state index < -0.39 is 0 Å². The Morgan fingerprint density at radius 2 is 2.00 bits per heavy atom. The molecule has 19 heavy (non-hydrogen) atoms. The first-order valence-corrected chi connectivity index (χ1v) is 6.44. The lowest BCUT2D eigenvalue weighted by molar-refractivity contribution is 1.07. The van der Waals surface area contributed by atoms with Crippen LogP contribution in [0.5, 0.6) is 0 Å². The Kier molecular flexibility index (Phi) is 1.96. The first kappa shape index (κ1) is 10.5. The highest BCUT2D eigenvalue weighted by atomic mass is 16.1. The van der Waals surface area contributed by atoms with Crippen LogP contribution >= 0.6 is 0 Å². The van der Waals surface area contributed by atoms with Crippen LogP contribution < -0.4 is 5.43 Å². The molecular formula is C16H12N2O. The molecule has 3 aromatic heterocycles. The molecule has 0 N–H and O–H groups in total. The predicted octanol–water partition coefficient (Wildman–Crippen LogP) is 3.00. The van der Waals surface area contributed by atoms with Gasteiger partial charge in [-0.3, -0.25) is 9.78 Å². The minimum absolute atomic E-state index is 0.0587. The highest BCUT2D eigenvalue weighted by Gasteiger charge is 2.14. The van der Waals surface area contributed by atoms with Crippen LogP contribution in [0.3, 0.4) is 0 Å². The second-order valence-electron chi connectivity index (χ2n) is 4.78. The molecule has 0 unspecified atom stereocenters. The highest BCUT2D eigenvalue weighted by molar-refractivity contribution is 6.12. The van der Waals surface area contributed by atoms with Gasteiger partial charge in [0, 0.05) is 28.7 Å². The third-order valence-corrected chi connectivity index (χ3v) is 3.79. The molecule has 0 saturated heterocycles. The van der Waals surface area contributed by atoms with Crippen LogP contribution in [0.4, 0.5) is 0 Å². The molecule has 3 heterocycles. The molecule has 92 valence electrons. The minimum Gasteiger partial charge on any atom is -0.313 e. The highest BCUT2D eigenvalue weighted by Crippen LogP contribution is 2.29. The molecule has 0 radical (unpaired) electrons. The van der Waals surface area contributed by atoms with Gasteiger partial charge in [0.15, 0.2) is 0 Å². The molecule has 3 nitrogen and oxygen atoms in total. The summed E-state index contributed by atoms with van der Waals surface area (Å²) in [4.78, 5) is 16.7. The van der Waals surface area contributed by atoms with Crippen molar-refractivity contribution in [2.75, 3.05) is 0 Å². The maximum Gasteiger partial charge on any atom is 0.210 e. The molecule has 0 fully saturated rings. The Morgan fingerprint density at radius 3 is 2.84 bits per heavy atom. The largest absolute Gasteiger partial charge is 0.313 e. The minimum atomic E-state index is 0.0587. The summed E-state index contributed by atoms with van der Waals surface area (Å²) in [5.41, 5.74) is 3.52. The summed E-state index contributed by atoms with van der Waals surface area (Å²) in [6, 6.07) is 10.2. The molecule has 4 aromatic rings. The fourth-order valence-corrected chi connectivity index (χ4v) is 2.87. The van der Waals surface area contributed by atoms with Gasteiger partial charge in [0.25, 0.3) is 0 Å². The Labute approximate surface area is 109 Å². The van der Waals surface area contributed by atoms with Crippen molar-refractivity contribution in [1.82, 2.24) is 9.38 Å². The van der Waals surface area contributed by atoms with E-state index in [2.05, 4.69) is 21.5 Å². The summed E-state index contributed by atoms with van der Waals surface area (Å²) in [6.07, 6.45) is 4.41. The van der Waals surface area contributed by atoms with Crippen molar-refractivity contribution in [3.8, 4) is 0 Å². The van der Waals surface area contributed by atoms with Crippen molar-refractivity contribution < 1.29 is 0 Å². The van der Waals surface area contributed by atoms with Crippen LogP contribution in [0.2, 0.25) is 0 Å². The van der Waals surface area contributed by atoms with Gasteiger partial charge in [-0.25, -0.2) is 0 Å². The number of nitrogens with zero attached hydrogens (tertiary/aromatic N) is 2. The van der Waals surface area contributed by atoms with Crippen LogP contribution in [-0.2, 0) is 6.42 Å². The third kappa shape index (κ3) is 1.22. The summed E-state index contributed by atoms with van der Waals surface area (Å²) in [7, 11) is 0. The van der Waals surface area contributed by atoms with Gasteiger partial charge in [-0.1, -0.05) is 25.1 Å². The average molecular weight is 248 g/mol. The number of hydrogen-bond donors (Lipinski definition) is 0. The second-order valence-corrected chi connectivity index (χ2v) is 4.78. The zero-order valence-electron chi connectivity index (χ0n) is 10.6. The number of aryl methyl sites for hydroxylation is 1. The molecule has 0 aliphatic rings. The normalized spacial score (nSPS) is 11.8. The molecule has 0 atom stereocenters. The van der Waals surface area contributed by atoms with Gasteiger partial charge in [-0.05, 0) is 18.6 Å². The SMILES string of the molecule is CCc1cn2c3ccccc3c3ccnc(c1=O)c32. The van der Waals surface area contributed by atoms with Crippen molar-refractivity contribution in [3.05, 3.63) is 58.5 Å². The number of fused-ring (bicyclic) bond motifs is 3. The lowest BCUT2D eigenvalue weighted by atomic mass is 10.1. The number of benzene rings is 1. The van der Waals surface area contributed by atoms with Crippen molar-refractivity contribution >= 4 is 27.3 Å². The number of para-hydroxylation sites is 1. The topological polar surface area (TPSA) is 34.4 Å². The molecule has 0 saturated carbocycles. The van der Waals surface area contributed by atoms with Gasteiger partial charge in [0.2, 0.25) is 5.43 Å². The number of rotatable bonds is 1. The smallest absolute Gasteiger partial charge is 0.210 e. The van der Waals surface area contributed by atoms with Crippen molar-refractivity contribution in [3.63, 3.8) is 0 Å². The molecule has 4 rings (SSSR count). The molecular weight excluding hydrogens is 236 g/mol. The zero-order valence-corrected chi connectivity index (χ0v) is 10.6. The van der Waals surface area contributed by atoms with Crippen LogP contribution in [0.1, 0.15) is 12.5 Å². The van der Waals surface area contributed by atoms with E-state index in [1.165, 1.54) is 5.39 Å². The Morgan fingerprint density at radius 1 is 1.16 bits per heavy atom. The van der Waals surface area contributed by atoms with E-state index in [1.807, 2.05) is 31.3 Å². The summed E-state index contributed by atoms with van der Waals surface area (Å²) < 4.78 is 2.10. The lowest BCUT2D eigenvalue weighted by Gasteiger charge is -2.03. The Balaban J connectivity index is 2.44. The van der Waals surface area contributed by atoms with E-state index in [0.29, 0.717) is 5.52 Å². The fraction of sp³-hybridized carbons (Fsp3) is 0.125. The Hall–Kier alpha value is -2.42. The van der Waals surface area contributed by atoms with Gasteiger partial charge in [0.1, 0.15) is 5.52 Å². The monoisotopic (exact) mass is 248 g/mol. The van der Waals surface area contributed by atoms with Gasteiger partial charge in [0.05, 0.1) is 11.0 Å². The maximum absolute atomic E-state index is 12.4. The molecule has 0 spiro atoms. The molecule has 3 heteroatoms. The average Bonchev–Trinajstić information content (AvgIpc) is 2.78. The zero-order chi connectivity index (χ0) is 13.0. The van der Waals surface area contributed by atoms with E-state index in [4.69, 9.17) is 0 Å². The predicted molar refractivity (Wildman–Crippen MR) is 77.0 cm³/mol. The number of hydrogen-bond acceptors (Lipinski definition) is 2. The van der Waals surface area contributed by atoms with Crippen molar-refractivity contribution in [2.45, 2.75) is 13.3 Å². The molecule has 0 aliphatic carbocycles. The van der Waals surface area contributed by atoms with Gasteiger partial charge < -0.3 is 4.40 Å². The van der Waals surface area contributed by atoms with Crippen molar-refractivity contribution in [2.24, 2.45) is 0 Å². The summed E-state index contributed by atoms with van der Waals surface area (Å²) >= 11 is 0. The van der Waals surface area contributed by atoms with Crippen LogP contribution in [-0.4, -0.2) is 9.38 Å². The first-order valence-electron chi connectivity index (χ1n) is 6.44. The van der Waals surface area contributed by atoms with Gasteiger partial charge in [-0.15, -0.1) is 0 Å². The second kappa shape index (κ2) is 3.54. The van der Waals surface area contributed by atoms with Crippen molar-refractivity contribution in [1.29, 1.82) is 0 Å². The third-order valence-electron chi connectivity index (χ3n) is 3.79. The standard InChI is InChI=1S/C16H12N2O/c1-2-10-9-18-13-6-4-3-5-11(13)12-7-8-17-14(15(12)18)16(10)19/h3-9H,2H2,1H3. The lowest BCUT2D eigenvalue weighted by Crippen LogP contribution is -2.11. The van der Waals surface area contributed by atoms with Gasteiger partial charge in [-0.2, -0.15) is 0 Å². The quantitative estimate of drug-likeness (QED) is 0.519. The Bertz CT molecular complexity index is 969. The van der Waals surface area contributed by atoms with Crippen LogP contribution in [0, 0.1) is 0 Å². The van der Waals surface area contributed by atoms with E-state index in [1.54, 1.807) is 6.20 Å². The molecule has 0 bridgehead atoms. The molecule has 1 aromatic carbocycles. The van der Waals surface area contributed by atoms with E-state index >= 15 is 0 Å².